The number of rotatable bonds is 9. The topological polar surface area (TPSA) is 71.8 Å². The van der Waals surface area contributed by atoms with Gasteiger partial charge in [-0.3, -0.25) is 9.80 Å². The van der Waals surface area contributed by atoms with Crippen molar-refractivity contribution >= 4 is 5.69 Å². The summed E-state index contributed by atoms with van der Waals surface area (Å²) in [6.07, 6.45) is 2.34. The molecule has 0 spiro atoms. The van der Waals surface area contributed by atoms with E-state index in [9.17, 15) is 0 Å². The molecule has 0 aliphatic carbocycles. The second-order valence-corrected chi connectivity index (χ2v) is 9.87. The fourth-order valence-corrected chi connectivity index (χ4v) is 5.25. The van der Waals surface area contributed by atoms with E-state index in [1.807, 2.05) is 16.8 Å². The van der Waals surface area contributed by atoms with Crippen LogP contribution in [0.5, 0.6) is 5.75 Å². The molecule has 36 heavy (non-hydrogen) atoms. The lowest BCUT2D eigenvalue weighted by Crippen LogP contribution is -2.48. The number of piperazine rings is 1. The van der Waals surface area contributed by atoms with E-state index >= 15 is 0 Å². The molecule has 0 radical (unpaired) electrons. The van der Waals surface area contributed by atoms with Crippen molar-refractivity contribution in [2.24, 2.45) is 0 Å². The van der Waals surface area contributed by atoms with E-state index in [1.165, 1.54) is 16.8 Å². The SMILES string of the molecule is COc1ccccc1CN1CCN(C(c2ccc(N(C)C)cc2)c2nnnn2CC2CCCO2)CC1. The maximum absolute atomic E-state index is 5.89. The second kappa shape index (κ2) is 11.4. The van der Waals surface area contributed by atoms with Crippen molar-refractivity contribution in [1.82, 2.24) is 30.0 Å². The van der Waals surface area contributed by atoms with Crippen LogP contribution in [0, 0.1) is 0 Å². The van der Waals surface area contributed by atoms with Crippen LogP contribution in [0.4, 0.5) is 5.69 Å². The number of methoxy groups -OCH3 is 1. The molecule has 0 bridgehead atoms. The fraction of sp³-hybridized carbons (Fsp3) is 0.519. The molecule has 1 aromatic heterocycles. The molecule has 0 N–H and O–H groups in total. The zero-order valence-electron chi connectivity index (χ0n) is 21.6. The molecular formula is C27H37N7O2. The number of aromatic nitrogens is 4. The first kappa shape index (κ1) is 24.7. The summed E-state index contributed by atoms with van der Waals surface area (Å²) in [5.41, 5.74) is 3.62. The molecule has 2 aliphatic heterocycles. The molecule has 2 atom stereocenters. The van der Waals surface area contributed by atoms with Gasteiger partial charge in [-0.1, -0.05) is 30.3 Å². The quantitative estimate of drug-likeness (QED) is 0.453. The molecule has 3 aromatic rings. The molecule has 2 saturated heterocycles. The van der Waals surface area contributed by atoms with Crippen molar-refractivity contribution in [3.8, 4) is 5.75 Å². The predicted molar refractivity (Wildman–Crippen MR) is 139 cm³/mol. The number of tetrazole rings is 1. The Labute approximate surface area is 213 Å². The highest BCUT2D eigenvalue weighted by Gasteiger charge is 2.32. The molecule has 2 unspecified atom stereocenters. The lowest BCUT2D eigenvalue weighted by Gasteiger charge is -2.39. The number of nitrogens with zero attached hydrogens (tertiary/aromatic N) is 7. The third kappa shape index (κ3) is 5.53. The summed E-state index contributed by atoms with van der Waals surface area (Å²) >= 11 is 0. The zero-order chi connectivity index (χ0) is 24.9. The van der Waals surface area contributed by atoms with Crippen LogP contribution >= 0.6 is 0 Å². The lowest BCUT2D eigenvalue weighted by atomic mass is 10.0. The van der Waals surface area contributed by atoms with Gasteiger partial charge in [-0.15, -0.1) is 5.10 Å². The van der Waals surface area contributed by atoms with Crippen LogP contribution in [0.3, 0.4) is 0 Å². The van der Waals surface area contributed by atoms with Crippen LogP contribution in [-0.4, -0.2) is 90.1 Å². The molecule has 0 amide bonds. The van der Waals surface area contributed by atoms with Gasteiger partial charge in [0.25, 0.3) is 0 Å². The Kier molecular flexibility index (Phi) is 7.79. The van der Waals surface area contributed by atoms with Gasteiger partial charge in [0, 0.05) is 64.7 Å². The van der Waals surface area contributed by atoms with Gasteiger partial charge < -0.3 is 14.4 Å². The third-order valence-corrected chi connectivity index (χ3v) is 7.29. The highest BCUT2D eigenvalue weighted by molar-refractivity contribution is 5.47. The van der Waals surface area contributed by atoms with Gasteiger partial charge in [-0.05, 0) is 47.0 Å². The smallest absolute Gasteiger partial charge is 0.173 e. The normalized spacial score (nSPS) is 19.9. The predicted octanol–water partition coefficient (Wildman–Crippen LogP) is 2.83. The largest absolute Gasteiger partial charge is 0.496 e. The van der Waals surface area contributed by atoms with Gasteiger partial charge in [0.2, 0.25) is 0 Å². The first-order valence-electron chi connectivity index (χ1n) is 12.9. The minimum Gasteiger partial charge on any atom is -0.496 e. The van der Waals surface area contributed by atoms with Crippen LogP contribution in [0.2, 0.25) is 0 Å². The van der Waals surface area contributed by atoms with Crippen LogP contribution in [0.15, 0.2) is 48.5 Å². The molecule has 9 nitrogen and oxygen atoms in total. The van der Waals surface area contributed by atoms with Crippen LogP contribution in [-0.2, 0) is 17.8 Å². The molecule has 2 aliphatic rings. The summed E-state index contributed by atoms with van der Waals surface area (Å²) in [6, 6.07) is 17.1. The second-order valence-electron chi connectivity index (χ2n) is 9.87. The van der Waals surface area contributed by atoms with Gasteiger partial charge in [0.15, 0.2) is 5.82 Å². The number of hydrogen-bond acceptors (Lipinski definition) is 8. The van der Waals surface area contributed by atoms with E-state index in [2.05, 4.69) is 80.7 Å². The van der Waals surface area contributed by atoms with Gasteiger partial charge in [-0.2, -0.15) is 0 Å². The van der Waals surface area contributed by atoms with E-state index in [1.54, 1.807) is 7.11 Å². The average Bonchev–Trinajstić information content (AvgIpc) is 3.59. The summed E-state index contributed by atoms with van der Waals surface area (Å²) in [5.74, 6) is 1.84. The van der Waals surface area contributed by atoms with Crippen molar-refractivity contribution in [1.29, 1.82) is 0 Å². The first-order valence-corrected chi connectivity index (χ1v) is 12.9. The molecular weight excluding hydrogens is 454 g/mol. The third-order valence-electron chi connectivity index (χ3n) is 7.29. The van der Waals surface area contributed by atoms with Crippen molar-refractivity contribution in [2.45, 2.75) is 38.1 Å². The monoisotopic (exact) mass is 491 g/mol. The molecule has 3 heterocycles. The Balaban J connectivity index is 1.36. The van der Waals surface area contributed by atoms with Gasteiger partial charge in [-0.25, -0.2) is 4.68 Å². The van der Waals surface area contributed by atoms with Gasteiger partial charge in [0.05, 0.1) is 25.8 Å². The van der Waals surface area contributed by atoms with Crippen molar-refractivity contribution in [3.63, 3.8) is 0 Å². The highest BCUT2D eigenvalue weighted by atomic mass is 16.5. The molecule has 5 rings (SSSR count). The van der Waals surface area contributed by atoms with Gasteiger partial charge >= 0.3 is 0 Å². The van der Waals surface area contributed by atoms with Crippen molar-refractivity contribution in [3.05, 3.63) is 65.5 Å². The Morgan fingerprint density at radius 2 is 1.83 bits per heavy atom. The first-order chi connectivity index (χ1) is 17.6. The van der Waals surface area contributed by atoms with Crippen LogP contribution in [0.25, 0.3) is 0 Å². The van der Waals surface area contributed by atoms with E-state index in [-0.39, 0.29) is 12.1 Å². The van der Waals surface area contributed by atoms with E-state index in [4.69, 9.17) is 9.47 Å². The minimum atomic E-state index is -0.00831. The molecule has 192 valence electrons. The van der Waals surface area contributed by atoms with Crippen molar-refractivity contribution < 1.29 is 9.47 Å². The summed E-state index contributed by atoms with van der Waals surface area (Å²) < 4.78 is 13.4. The molecule has 9 heteroatoms. The number of anilines is 1. The van der Waals surface area contributed by atoms with E-state index in [0.717, 1.165) is 63.7 Å². The van der Waals surface area contributed by atoms with Gasteiger partial charge in [0.1, 0.15) is 5.75 Å². The Morgan fingerprint density at radius 3 is 2.53 bits per heavy atom. The Morgan fingerprint density at radius 1 is 1.06 bits per heavy atom. The highest BCUT2D eigenvalue weighted by Crippen LogP contribution is 2.30. The maximum Gasteiger partial charge on any atom is 0.173 e. The zero-order valence-corrected chi connectivity index (χ0v) is 21.6. The van der Waals surface area contributed by atoms with E-state index < -0.39 is 0 Å². The summed E-state index contributed by atoms with van der Waals surface area (Å²) in [5, 5.41) is 13.0. The van der Waals surface area contributed by atoms with Crippen LogP contribution in [0.1, 0.15) is 35.8 Å². The molecule has 2 fully saturated rings. The minimum absolute atomic E-state index is 0.00831. The van der Waals surface area contributed by atoms with Crippen LogP contribution < -0.4 is 9.64 Å². The van der Waals surface area contributed by atoms with Crippen molar-refractivity contribution in [2.75, 3.05) is 58.9 Å². The number of benzene rings is 2. The number of hydrogen-bond donors (Lipinski definition) is 0. The number of ether oxygens (including phenoxy) is 2. The Bertz CT molecular complexity index is 1100. The maximum atomic E-state index is 5.89. The molecule has 2 aromatic carbocycles. The number of para-hydroxylation sites is 1. The lowest BCUT2D eigenvalue weighted by molar-refractivity contribution is 0.0840. The summed E-state index contributed by atoms with van der Waals surface area (Å²) in [4.78, 5) is 7.13. The summed E-state index contributed by atoms with van der Waals surface area (Å²) in [7, 11) is 5.87. The Hall–Kier alpha value is -3.01. The fourth-order valence-electron chi connectivity index (χ4n) is 5.25. The molecule has 0 saturated carbocycles. The van der Waals surface area contributed by atoms with E-state index in [0.29, 0.717) is 6.54 Å². The standard InChI is InChI=1S/C27H37N7O2/c1-31(2)23-12-10-21(11-13-23)26(27-28-29-30-34(27)20-24-8-6-18-36-24)33-16-14-32(15-17-33)19-22-7-4-5-9-25(22)35-3/h4-5,7,9-13,24,26H,6,8,14-20H2,1-3H3. The summed E-state index contributed by atoms with van der Waals surface area (Å²) in [6.45, 7) is 6.21. The average molecular weight is 492 g/mol.